The number of benzene rings is 1. The fourth-order valence-corrected chi connectivity index (χ4v) is 2.81. The molecule has 1 aromatic carbocycles. The van der Waals surface area contributed by atoms with E-state index in [1.54, 1.807) is 12.1 Å². The SMILES string of the molecule is CCCCN1C(=O)Nc2ccccc2[S@@]1=O. The number of urea groups is 1. The van der Waals surface area contributed by atoms with Crippen molar-refractivity contribution in [1.29, 1.82) is 0 Å². The van der Waals surface area contributed by atoms with Crippen LogP contribution in [0.3, 0.4) is 0 Å². The van der Waals surface area contributed by atoms with E-state index in [0.717, 1.165) is 12.8 Å². The van der Waals surface area contributed by atoms with Crippen LogP contribution in [0.4, 0.5) is 10.5 Å². The minimum atomic E-state index is -1.36. The van der Waals surface area contributed by atoms with Crippen molar-refractivity contribution < 1.29 is 9.00 Å². The molecule has 1 N–H and O–H groups in total. The molecular weight excluding hydrogens is 224 g/mol. The van der Waals surface area contributed by atoms with Crippen LogP contribution in [-0.2, 0) is 11.0 Å². The number of hydrogen-bond acceptors (Lipinski definition) is 2. The predicted octanol–water partition coefficient (Wildman–Crippen LogP) is 2.36. The standard InChI is InChI=1S/C11H14N2O2S/c1-2-3-8-13-11(14)12-9-6-4-5-7-10(9)16(13)15/h4-7H,2-3,8H2,1H3,(H,12,14)/t16-/m0/s1. The first-order valence-electron chi connectivity index (χ1n) is 5.33. The lowest BCUT2D eigenvalue weighted by Gasteiger charge is -2.27. The highest BCUT2D eigenvalue weighted by Gasteiger charge is 2.28. The molecule has 1 aromatic rings. The van der Waals surface area contributed by atoms with E-state index in [2.05, 4.69) is 5.32 Å². The molecule has 2 rings (SSSR count). The normalized spacial score (nSPS) is 19.2. The highest BCUT2D eigenvalue weighted by Crippen LogP contribution is 2.26. The number of para-hydroxylation sites is 1. The molecule has 0 saturated heterocycles. The Hall–Kier alpha value is -1.36. The van der Waals surface area contributed by atoms with Crippen molar-refractivity contribution in [2.45, 2.75) is 24.7 Å². The van der Waals surface area contributed by atoms with Gasteiger partial charge in [-0.25, -0.2) is 13.3 Å². The number of nitrogens with zero attached hydrogens (tertiary/aromatic N) is 1. The maximum atomic E-state index is 12.1. The van der Waals surface area contributed by atoms with E-state index in [-0.39, 0.29) is 6.03 Å². The molecule has 1 atom stereocenters. The van der Waals surface area contributed by atoms with Gasteiger partial charge in [0, 0.05) is 6.54 Å². The smallest absolute Gasteiger partial charge is 0.306 e. The Morgan fingerprint density at radius 3 is 2.88 bits per heavy atom. The van der Waals surface area contributed by atoms with Gasteiger partial charge in [-0.1, -0.05) is 25.5 Å². The molecule has 0 fully saturated rings. The van der Waals surface area contributed by atoms with Gasteiger partial charge in [0.25, 0.3) is 0 Å². The molecule has 5 heteroatoms. The first kappa shape index (κ1) is 11.1. The summed E-state index contributed by atoms with van der Waals surface area (Å²) in [5.41, 5.74) is 0.651. The van der Waals surface area contributed by atoms with Crippen LogP contribution in [-0.4, -0.2) is 21.1 Å². The summed E-state index contributed by atoms with van der Waals surface area (Å²) in [6.45, 7) is 2.57. The van der Waals surface area contributed by atoms with Crippen molar-refractivity contribution in [3.63, 3.8) is 0 Å². The highest BCUT2D eigenvalue weighted by molar-refractivity contribution is 7.83. The van der Waals surface area contributed by atoms with E-state index in [0.29, 0.717) is 17.1 Å². The maximum absolute atomic E-state index is 12.1. The second-order valence-electron chi connectivity index (χ2n) is 3.63. The number of nitrogens with one attached hydrogen (secondary N) is 1. The third-order valence-corrected chi connectivity index (χ3v) is 3.94. The lowest BCUT2D eigenvalue weighted by atomic mass is 10.3. The molecule has 86 valence electrons. The quantitative estimate of drug-likeness (QED) is 0.878. The molecule has 1 aliphatic heterocycles. The van der Waals surface area contributed by atoms with Crippen LogP contribution in [0.1, 0.15) is 19.8 Å². The number of hydrogen-bond donors (Lipinski definition) is 1. The van der Waals surface area contributed by atoms with Gasteiger partial charge >= 0.3 is 6.03 Å². The van der Waals surface area contributed by atoms with Gasteiger partial charge in [-0.05, 0) is 18.6 Å². The van der Waals surface area contributed by atoms with Gasteiger partial charge in [0.1, 0.15) is 0 Å². The number of rotatable bonds is 3. The lowest BCUT2D eigenvalue weighted by Crippen LogP contribution is -2.41. The molecule has 2 amide bonds. The van der Waals surface area contributed by atoms with Crippen LogP contribution in [0.2, 0.25) is 0 Å². The molecule has 0 radical (unpaired) electrons. The first-order chi connectivity index (χ1) is 7.74. The van der Waals surface area contributed by atoms with Crippen molar-refractivity contribution in [2.75, 3.05) is 11.9 Å². The summed E-state index contributed by atoms with van der Waals surface area (Å²) in [6.07, 6.45) is 1.84. The third-order valence-electron chi connectivity index (χ3n) is 2.46. The van der Waals surface area contributed by atoms with Gasteiger partial charge < -0.3 is 5.32 Å². The van der Waals surface area contributed by atoms with E-state index in [9.17, 15) is 9.00 Å². The molecule has 0 saturated carbocycles. The van der Waals surface area contributed by atoms with E-state index < -0.39 is 11.0 Å². The average molecular weight is 238 g/mol. The predicted molar refractivity (Wildman–Crippen MR) is 63.5 cm³/mol. The summed E-state index contributed by atoms with van der Waals surface area (Å²) in [5, 5.41) is 2.74. The highest BCUT2D eigenvalue weighted by atomic mass is 32.2. The number of amides is 2. The van der Waals surface area contributed by atoms with E-state index in [1.165, 1.54) is 4.31 Å². The molecule has 0 aliphatic carbocycles. The summed E-state index contributed by atoms with van der Waals surface area (Å²) >= 11 is 0. The second-order valence-corrected chi connectivity index (χ2v) is 5.01. The second kappa shape index (κ2) is 4.65. The maximum Gasteiger partial charge on any atom is 0.334 e. The van der Waals surface area contributed by atoms with Crippen molar-refractivity contribution in [2.24, 2.45) is 0 Å². The van der Waals surface area contributed by atoms with Crippen LogP contribution in [0.25, 0.3) is 0 Å². The summed E-state index contributed by atoms with van der Waals surface area (Å²) < 4.78 is 13.5. The molecule has 1 heterocycles. The van der Waals surface area contributed by atoms with Gasteiger partial charge in [0.05, 0.1) is 10.6 Å². The topological polar surface area (TPSA) is 49.4 Å². The molecule has 0 spiro atoms. The summed E-state index contributed by atoms with van der Waals surface area (Å²) in [5.74, 6) is 0. The van der Waals surface area contributed by atoms with Gasteiger partial charge in [-0.2, -0.15) is 0 Å². The van der Waals surface area contributed by atoms with Crippen LogP contribution >= 0.6 is 0 Å². The van der Waals surface area contributed by atoms with Crippen LogP contribution in [0.15, 0.2) is 29.2 Å². The zero-order valence-corrected chi connectivity index (χ0v) is 9.92. The van der Waals surface area contributed by atoms with Crippen LogP contribution < -0.4 is 5.32 Å². The Labute approximate surface area is 97.2 Å². The Kier molecular flexibility index (Phi) is 3.24. The molecule has 0 bridgehead atoms. The molecule has 1 aliphatic rings. The minimum absolute atomic E-state index is 0.273. The fraction of sp³-hybridized carbons (Fsp3) is 0.364. The largest absolute Gasteiger partial charge is 0.334 e. The van der Waals surface area contributed by atoms with E-state index in [4.69, 9.17) is 0 Å². The third kappa shape index (κ3) is 1.95. The number of fused-ring (bicyclic) bond motifs is 1. The molecule has 16 heavy (non-hydrogen) atoms. The summed E-state index contributed by atoms with van der Waals surface area (Å²) in [7, 11) is -1.36. The zero-order chi connectivity index (χ0) is 11.5. The fourth-order valence-electron chi connectivity index (χ4n) is 1.58. The molecule has 0 aromatic heterocycles. The Balaban J connectivity index is 2.27. The number of unbranched alkanes of at least 4 members (excludes halogenated alkanes) is 1. The van der Waals surface area contributed by atoms with Crippen molar-refractivity contribution in [3.8, 4) is 0 Å². The van der Waals surface area contributed by atoms with Gasteiger partial charge in [-0.3, -0.25) is 0 Å². The summed E-state index contributed by atoms with van der Waals surface area (Å²) in [6, 6.07) is 6.92. The number of carbonyl (C=O) groups excluding carboxylic acids is 1. The Morgan fingerprint density at radius 1 is 1.38 bits per heavy atom. The van der Waals surface area contributed by atoms with Crippen LogP contribution in [0, 0.1) is 0 Å². The van der Waals surface area contributed by atoms with Crippen molar-refractivity contribution >= 4 is 22.7 Å². The monoisotopic (exact) mass is 238 g/mol. The van der Waals surface area contributed by atoms with Crippen molar-refractivity contribution in [3.05, 3.63) is 24.3 Å². The van der Waals surface area contributed by atoms with Crippen LogP contribution in [0.5, 0.6) is 0 Å². The average Bonchev–Trinajstić information content (AvgIpc) is 2.29. The van der Waals surface area contributed by atoms with E-state index in [1.807, 2.05) is 19.1 Å². The Bertz CT molecular complexity index is 434. The van der Waals surface area contributed by atoms with Gasteiger partial charge in [-0.15, -0.1) is 0 Å². The summed E-state index contributed by atoms with van der Waals surface area (Å²) in [4.78, 5) is 12.4. The lowest BCUT2D eigenvalue weighted by molar-refractivity contribution is 0.236. The minimum Gasteiger partial charge on any atom is -0.306 e. The molecule has 4 nitrogen and oxygen atoms in total. The number of anilines is 1. The van der Waals surface area contributed by atoms with E-state index >= 15 is 0 Å². The zero-order valence-electron chi connectivity index (χ0n) is 9.10. The first-order valence-corrected chi connectivity index (χ1v) is 6.44. The number of carbonyl (C=O) groups is 1. The van der Waals surface area contributed by atoms with Crippen molar-refractivity contribution in [1.82, 2.24) is 4.31 Å². The Morgan fingerprint density at radius 2 is 2.12 bits per heavy atom. The van der Waals surface area contributed by atoms with Gasteiger partial charge in [0.15, 0.2) is 11.0 Å². The van der Waals surface area contributed by atoms with Gasteiger partial charge in [0.2, 0.25) is 0 Å². The molecule has 0 unspecified atom stereocenters. The molecular formula is C11H14N2O2S.